The first-order valence-electron chi connectivity index (χ1n) is 8.82. The van der Waals surface area contributed by atoms with Gasteiger partial charge in [0.2, 0.25) is 5.95 Å². The highest BCUT2D eigenvalue weighted by Crippen LogP contribution is 2.36. The van der Waals surface area contributed by atoms with Crippen LogP contribution in [0, 0.1) is 11.8 Å². The van der Waals surface area contributed by atoms with Crippen LogP contribution in [-0.2, 0) is 0 Å². The summed E-state index contributed by atoms with van der Waals surface area (Å²) in [6.07, 6.45) is 3.04. The number of nitrogens with one attached hydrogen (secondary N) is 1. The maximum absolute atomic E-state index is 14.3. The minimum atomic E-state index is -0.916. The van der Waals surface area contributed by atoms with Gasteiger partial charge in [-0.2, -0.15) is 9.37 Å². The van der Waals surface area contributed by atoms with Crippen LogP contribution >= 0.6 is 11.8 Å². The van der Waals surface area contributed by atoms with Crippen molar-refractivity contribution in [1.82, 2.24) is 19.7 Å². The highest BCUT2D eigenvalue weighted by Gasteiger charge is 2.22. The molecule has 4 N–H and O–H groups in total. The molecule has 3 heterocycles. The highest BCUT2D eigenvalue weighted by molar-refractivity contribution is 8.00. The minimum Gasteiger partial charge on any atom is -0.395 e. The molecule has 0 saturated heterocycles. The molecule has 3 aromatic heterocycles. The SMILES string of the molecule is CC(C)(C)Sc1cn2c(-c3cc(F)c(N)nc3F)cnc2cc1C(=O)NCCO. The van der Waals surface area contributed by atoms with Crippen molar-refractivity contribution in [2.24, 2.45) is 0 Å². The number of aliphatic hydroxyl groups is 1. The van der Waals surface area contributed by atoms with E-state index in [0.717, 1.165) is 6.07 Å². The standard InChI is InChI=1S/C19H21F2N5O2S/c1-19(2,3)29-14-9-26-13(10-6-12(20)17(22)25-16(10)21)8-24-15(26)7-11(14)18(28)23-4-5-27/h6-9,27H,4-5H2,1-3H3,(H2,22,25)(H,23,28). The summed E-state index contributed by atoms with van der Waals surface area (Å²) in [5.74, 6) is -2.63. The molecule has 154 valence electrons. The number of pyridine rings is 2. The van der Waals surface area contributed by atoms with Crippen molar-refractivity contribution in [3.8, 4) is 11.3 Å². The summed E-state index contributed by atoms with van der Waals surface area (Å²) >= 11 is 1.45. The molecule has 0 aromatic carbocycles. The molecule has 0 aliphatic carbocycles. The summed E-state index contributed by atoms with van der Waals surface area (Å²) in [4.78, 5) is 20.8. The number of carbonyl (C=O) groups is 1. The van der Waals surface area contributed by atoms with Crippen LogP contribution in [0.2, 0.25) is 0 Å². The van der Waals surface area contributed by atoms with E-state index in [0.29, 0.717) is 16.1 Å². The largest absolute Gasteiger partial charge is 0.395 e. The quantitative estimate of drug-likeness (QED) is 0.432. The molecular weight excluding hydrogens is 400 g/mol. The molecule has 0 aliphatic rings. The molecule has 0 unspecified atom stereocenters. The third kappa shape index (κ3) is 4.48. The lowest BCUT2D eigenvalue weighted by molar-refractivity contribution is 0.0942. The van der Waals surface area contributed by atoms with Crippen LogP contribution < -0.4 is 11.1 Å². The van der Waals surface area contributed by atoms with E-state index in [1.165, 1.54) is 18.0 Å². The number of rotatable bonds is 5. The lowest BCUT2D eigenvalue weighted by atomic mass is 10.2. The topological polar surface area (TPSA) is 106 Å². The van der Waals surface area contributed by atoms with Gasteiger partial charge >= 0.3 is 0 Å². The molecule has 3 aromatic rings. The Morgan fingerprint density at radius 2 is 2.07 bits per heavy atom. The summed E-state index contributed by atoms with van der Waals surface area (Å²) in [6, 6.07) is 2.54. The first-order valence-corrected chi connectivity index (χ1v) is 9.63. The Balaban J connectivity index is 2.18. The number of nitrogens with two attached hydrogens (primary N) is 1. The number of amides is 1. The van der Waals surface area contributed by atoms with E-state index in [9.17, 15) is 13.6 Å². The Morgan fingerprint density at radius 3 is 2.72 bits per heavy atom. The Morgan fingerprint density at radius 1 is 1.34 bits per heavy atom. The molecular formula is C19H21F2N5O2S. The van der Waals surface area contributed by atoms with Gasteiger partial charge in [0.05, 0.1) is 29.6 Å². The second kappa shape index (κ2) is 7.96. The minimum absolute atomic E-state index is 0.0895. The molecule has 10 heteroatoms. The van der Waals surface area contributed by atoms with Gasteiger partial charge in [-0.15, -0.1) is 11.8 Å². The maximum atomic E-state index is 14.3. The number of hydrogen-bond donors (Lipinski definition) is 3. The van der Waals surface area contributed by atoms with Gasteiger partial charge in [0.1, 0.15) is 5.65 Å². The third-order valence-corrected chi connectivity index (χ3v) is 5.06. The van der Waals surface area contributed by atoms with Crippen molar-refractivity contribution in [2.75, 3.05) is 18.9 Å². The first kappa shape index (κ1) is 21.0. The average molecular weight is 421 g/mol. The van der Waals surface area contributed by atoms with E-state index >= 15 is 0 Å². The molecule has 7 nitrogen and oxygen atoms in total. The monoisotopic (exact) mass is 421 g/mol. The number of anilines is 1. The Labute approximate surface area is 170 Å². The van der Waals surface area contributed by atoms with Gasteiger partial charge < -0.3 is 16.2 Å². The molecule has 29 heavy (non-hydrogen) atoms. The number of hydrogen-bond acceptors (Lipinski definition) is 6. The van der Waals surface area contributed by atoms with Crippen molar-refractivity contribution < 1.29 is 18.7 Å². The number of thioether (sulfide) groups is 1. The van der Waals surface area contributed by atoms with E-state index in [-0.39, 0.29) is 35.1 Å². The van der Waals surface area contributed by atoms with E-state index in [2.05, 4.69) is 15.3 Å². The van der Waals surface area contributed by atoms with Gasteiger partial charge in [-0.25, -0.2) is 9.37 Å². The fourth-order valence-electron chi connectivity index (χ4n) is 2.72. The van der Waals surface area contributed by atoms with Crippen molar-refractivity contribution >= 4 is 29.1 Å². The Kier molecular flexibility index (Phi) is 5.76. The van der Waals surface area contributed by atoms with Crippen LogP contribution in [0.1, 0.15) is 31.1 Å². The van der Waals surface area contributed by atoms with Crippen molar-refractivity contribution in [1.29, 1.82) is 0 Å². The predicted molar refractivity (Wildman–Crippen MR) is 108 cm³/mol. The zero-order valence-electron chi connectivity index (χ0n) is 16.2. The Bertz CT molecular complexity index is 1080. The molecule has 0 spiro atoms. The Hall–Kier alpha value is -2.72. The smallest absolute Gasteiger partial charge is 0.252 e. The molecule has 0 atom stereocenters. The first-order chi connectivity index (χ1) is 13.6. The molecule has 0 aliphatic heterocycles. The van der Waals surface area contributed by atoms with Crippen LogP contribution in [0.25, 0.3) is 16.9 Å². The van der Waals surface area contributed by atoms with Gasteiger partial charge in [-0.1, -0.05) is 20.8 Å². The second-order valence-electron chi connectivity index (χ2n) is 7.31. The fraction of sp³-hybridized carbons (Fsp3) is 0.316. The fourth-order valence-corrected chi connectivity index (χ4v) is 3.80. The van der Waals surface area contributed by atoms with E-state index in [4.69, 9.17) is 10.8 Å². The number of carbonyl (C=O) groups excluding carboxylic acids is 1. The molecule has 0 bridgehead atoms. The van der Waals surface area contributed by atoms with Crippen LogP contribution in [0.4, 0.5) is 14.6 Å². The van der Waals surface area contributed by atoms with Gasteiger partial charge in [-0.05, 0) is 12.1 Å². The van der Waals surface area contributed by atoms with Gasteiger partial charge in [-0.3, -0.25) is 9.20 Å². The predicted octanol–water partition coefficient (Wildman–Crippen LogP) is 2.87. The number of aliphatic hydroxyl groups excluding tert-OH is 1. The molecule has 3 rings (SSSR count). The van der Waals surface area contributed by atoms with Crippen molar-refractivity contribution in [2.45, 2.75) is 30.4 Å². The zero-order valence-corrected chi connectivity index (χ0v) is 17.0. The number of nitrogen functional groups attached to an aromatic ring is 1. The molecule has 1 amide bonds. The van der Waals surface area contributed by atoms with Crippen LogP contribution in [0.15, 0.2) is 29.4 Å². The third-order valence-electron chi connectivity index (χ3n) is 3.90. The van der Waals surface area contributed by atoms with Crippen molar-refractivity contribution in [3.63, 3.8) is 0 Å². The highest BCUT2D eigenvalue weighted by atomic mass is 32.2. The maximum Gasteiger partial charge on any atom is 0.252 e. The van der Waals surface area contributed by atoms with Crippen LogP contribution in [-0.4, -0.2) is 43.3 Å². The van der Waals surface area contributed by atoms with E-state index in [1.807, 2.05) is 20.8 Å². The van der Waals surface area contributed by atoms with Crippen LogP contribution in [0.3, 0.4) is 0 Å². The summed E-state index contributed by atoms with van der Waals surface area (Å²) in [5, 5.41) is 11.6. The summed E-state index contributed by atoms with van der Waals surface area (Å²) in [7, 11) is 0. The summed E-state index contributed by atoms with van der Waals surface area (Å²) < 4.78 is 29.6. The van der Waals surface area contributed by atoms with Gasteiger partial charge in [0.25, 0.3) is 5.91 Å². The molecule has 0 fully saturated rings. The van der Waals surface area contributed by atoms with Crippen LogP contribution in [0.5, 0.6) is 0 Å². The number of aromatic nitrogens is 3. The molecule has 0 saturated carbocycles. The second-order valence-corrected chi connectivity index (χ2v) is 9.18. The summed E-state index contributed by atoms with van der Waals surface area (Å²) in [5.41, 5.74) is 6.28. The average Bonchev–Trinajstić information content (AvgIpc) is 3.03. The number of fused-ring (bicyclic) bond motifs is 1. The number of nitrogens with zero attached hydrogens (tertiary/aromatic N) is 3. The normalized spacial score (nSPS) is 11.8. The molecule has 0 radical (unpaired) electrons. The lowest BCUT2D eigenvalue weighted by Gasteiger charge is -2.20. The number of halogens is 2. The summed E-state index contributed by atoms with van der Waals surface area (Å²) in [6.45, 7) is 5.91. The van der Waals surface area contributed by atoms with Crippen molar-refractivity contribution in [3.05, 3.63) is 41.9 Å². The van der Waals surface area contributed by atoms with E-state index < -0.39 is 17.6 Å². The lowest BCUT2D eigenvalue weighted by Crippen LogP contribution is -2.27. The number of imidazole rings is 1. The zero-order chi connectivity index (χ0) is 21.3. The van der Waals surface area contributed by atoms with Gasteiger partial charge in [0.15, 0.2) is 11.6 Å². The van der Waals surface area contributed by atoms with Gasteiger partial charge in [0, 0.05) is 22.4 Å². The van der Waals surface area contributed by atoms with E-state index in [1.54, 1.807) is 16.7 Å².